The highest BCUT2D eigenvalue weighted by Gasteiger charge is 2.29. The van der Waals surface area contributed by atoms with Crippen molar-refractivity contribution in [3.05, 3.63) is 71.0 Å². The molecule has 3 N–H and O–H groups in total. The molecule has 5 nitrogen and oxygen atoms in total. The number of primary sulfonamides is 1. The monoisotopic (exact) mass is 390 g/mol. The molecule has 1 unspecified atom stereocenters. The summed E-state index contributed by atoms with van der Waals surface area (Å²) in [7, 11) is -3.69. The fraction of sp³-hybridized carbons (Fsp3) is 0.350. The summed E-state index contributed by atoms with van der Waals surface area (Å²) in [6, 6.07) is 12.4. The zero-order valence-corrected chi connectivity index (χ0v) is 15.7. The van der Waals surface area contributed by atoms with Crippen LogP contribution in [0.3, 0.4) is 0 Å². The Morgan fingerprint density at radius 1 is 1.15 bits per heavy atom. The highest BCUT2D eigenvalue weighted by Crippen LogP contribution is 2.36. The Bertz CT molecular complexity index is 924. The Balaban J connectivity index is 1.85. The number of halogens is 1. The van der Waals surface area contributed by atoms with Gasteiger partial charge in [-0.2, -0.15) is 0 Å². The number of hydrogen-bond acceptors (Lipinski definition) is 3. The molecule has 3 rings (SSSR count). The fourth-order valence-corrected chi connectivity index (χ4v) is 4.37. The van der Waals surface area contributed by atoms with Crippen LogP contribution in [-0.2, 0) is 15.8 Å². The van der Waals surface area contributed by atoms with Gasteiger partial charge in [0.2, 0.25) is 10.0 Å². The van der Waals surface area contributed by atoms with Gasteiger partial charge in [0, 0.05) is 11.1 Å². The molecule has 2 aromatic carbocycles. The van der Waals surface area contributed by atoms with Gasteiger partial charge in [-0.25, -0.2) is 17.9 Å². The first-order valence-corrected chi connectivity index (χ1v) is 10.7. The predicted molar refractivity (Wildman–Crippen MR) is 102 cm³/mol. The van der Waals surface area contributed by atoms with Crippen LogP contribution in [0.15, 0.2) is 48.5 Å². The lowest BCUT2D eigenvalue weighted by Crippen LogP contribution is -2.33. The molecule has 0 spiro atoms. The van der Waals surface area contributed by atoms with E-state index in [1.54, 1.807) is 36.4 Å². The highest BCUT2D eigenvalue weighted by atomic mass is 32.2. The molecule has 0 aromatic heterocycles. The maximum Gasteiger partial charge on any atom is 0.251 e. The molecule has 27 heavy (non-hydrogen) atoms. The van der Waals surface area contributed by atoms with E-state index < -0.39 is 16.1 Å². The third-order valence-electron chi connectivity index (χ3n) is 4.96. The van der Waals surface area contributed by atoms with E-state index in [2.05, 4.69) is 5.32 Å². The van der Waals surface area contributed by atoms with Gasteiger partial charge >= 0.3 is 0 Å². The minimum atomic E-state index is -3.69. The Labute approximate surface area is 158 Å². The van der Waals surface area contributed by atoms with Gasteiger partial charge in [0.05, 0.1) is 11.8 Å². The zero-order valence-electron chi connectivity index (χ0n) is 14.9. The first-order chi connectivity index (χ1) is 12.8. The number of nitrogens with two attached hydrogens (primary N) is 1. The quantitative estimate of drug-likeness (QED) is 0.793. The maximum absolute atomic E-state index is 14.4. The lowest BCUT2D eigenvalue weighted by molar-refractivity contribution is 0.0920. The molecule has 7 heteroatoms. The average molecular weight is 390 g/mol. The first kappa shape index (κ1) is 19.5. The second-order valence-electron chi connectivity index (χ2n) is 7.02. The van der Waals surface area contributed by atoms with Crippen molar-refractivity contribution in [1.29, 1.82) is 0 Å². The number of carbonyl (C=O) groups excluding carboxylic acids is 1. The summed E-state index contributed by atoms with van der Waals surface area (Å²) in [6.45, 7) is 0. The molecule has 1 saturated carbocycles. The topological polar surface area (TPSA) is 89.3 Å². The Hall–Kier alpha value is -2.25. The van der Waals surface area contributed by atoms with Crippen molar-refractivity contribution in [1.82, 2.24) is 5.32 Å². The van der Waals surface area contributed by atoms with E-state index in [1.165, 1.54) is 12.1 Å². The molecule has 1 fully saturated rings. The van der Waals surface area contributed by atoms with Crippen molar-refractivity contribution in [3.8, 4) is 0 Å². The second-order valence-corrected chi connectivity index (χ2v) is 8.64. The lowest BCUT2D eigenvalue weighted by Gasteiger charge is -2.25. The highest BCUT2D eigenvalue weighted by molar-refractivity contribution is 7.88. The van der Waals surface area contributed by atoms with Crippen molar-refractivity contribution < 1.29 is 17.6 Å². The van der Waals surface area contributed by atoms with Gasteiger partial charge < -0.3 is 5.32 Å². The molecule has 144 valence electrons. The van der Waals surface area contributed by atoms with Gasteiger partial charge in [-0.05, 0) is 42.5 Å². The number of sulfonamides is 1. The van der Waals surface area contributed by atoms with Gasteiger partial charge in [0.25, 0.3) is 5.91 Å². The second kappa shape index (κ2) is 8.19. The minimum absolute atomic E-state index is 0.179. The van der Waals surface area contributed by atoms with Crippen LogP contribution >= 0.6 is 0 Å². The van der Waals surface area contributed by atoms with Crippen LogP contribution in [0.5, 0.6) is 0 Å². The van der Waals surface area contributed by atoms with E-state index in [0.29, 0.717) is 16.7 Å². The van der Waals surface area contributed by atoms with Crippen LogP contribution in [0.4, 0.5) is 4.39 Å². The van der Waals surface area contributed by atoms with E-state index in [1.807, 2.05) is 0 Å². The number of benzene rings is 2. The molecule has 0 saturated heterocycles. The number of nitrogens with one attached hydrogen (secondary N) is 1. The van der Waals surface area contributed by atoms with E-state index in [4.69, 9.17) is 5.14 Å². The van der Waals surface area contributed by atoms with E-state index in [9.17, 15) is 17.6 Å². The number of rotatable bonds is 6. The molecular weight excluding hydrogens is 367 g/mol. The van der Waals surface area contributed by atoms with E-state index in [0.717, 1.165) is 25.7 Å². The van der Waals surface area contributed by atoms with Gasteiger partial charge in [0.1, 0.15) is 5.82 Å². The molecule has 0 heterocycles. The van der Waals surface area contributed by atoms with Crippen LogP contribution in [0.2, 0.25) is 0 Å². The van der Waals surface area contributed by atoms with Crippen molar-refractivity contribution in [2.45, 2.75) is 37.5 Å². The van der Waals surface area contributed by atoms with Crippen molar-refractivity contribution in [3.63, 3.8) is 0 Å². The van der Waals surface area contributed by atoms with E-state index >= 15 is 0 Å². The Kier molecular flexibility index (Phi) is 5.92. The van der Waals surface area contributed by atoms with Gasteiger partial charge in [-0.3, -0.25) is 4.79 Å². The fourth-order valence-electron chi connectivity index (χ4n) is 3.73. The Morgan fingerprint density at radius 2 is 1.85 bits per heavy atom. The third kappa shape index (κ3) is 5.14. The average Bonchev–Trinajstić information content (AvgIpc) is 3.13. The van der Waals surface area contributed by atoms with E-state index in [-0.39, 0.29) is 23.4 Å². The third-order valence-corrected chi connectivity index (χ3v) is 5.69. The lowest BCUT2D eigenvalue weighted by atomic mass is 9.91. The SMILES string of the molecule is NS(=O)(=O)Cc1cccc(C(=O)NC(c2ccccc2F)C2CCCC2)c1. The minimum Gasteiger partial charge on any atom is -0.345 e. The molecule has 1 aliphatic carbocycles. The largest absolute Gasteiger partial charge is 0.345 e. The summed E-state index contributed by atoms with van der Waals surface area (Å²) in [5.74, 6) is -0.851. The standard InChI is InChI=1S/C20H23FN2O3S/c21-18-11-4-3-10-17(18)19(15-7-1-2-8-15)23-20(24)16-9-5-6-14(12-16)13-27(22,25)26/h3-6,9-12,15,19H,1-2,7-8,13H2,(H,23,24)(H2,22,25,26). The van der Waals surface area contributed by atoms with Crippen LogP contribution in [0.25, 0.3) is 0 Å². The predicted octanol–water partition coefficient (Wildman–Crippen LogP) is 3.28. The molecule has 0 bridgehead atoms. The van der Waals surface area contributed by atoms with Gasteiger partial charge in [-0.15, -0.1) is 0 Å². The molecule has 1 amide bonds. The zero-order chi connectivity index (χ0) is 19.4. The van der Waals surface area contributed by atoms with Crippen molar-refractivity contribution in [2.75, 3.05) is 0 Å². The van der Waals surface area contributed by atoms with Crippen molar-refractivity contribution in [2.24, 2.45) is 11.1 Å². The van der Waals surface area contributed by atoms with Crippen LogP contribution in [0.1, 0.15) is 53.2 Å². The molecule has 0 aliphatic heterocycles. The summed E-state index contributed by atoms with van der Waals surface area (Å²) in [5, 5.41) is 8.04. The van der Waals surface area contributed by atoms with Gasteiger partial charge in [0.15, 0.2) is 0 Å². The van der Waals surface area contributed by atoms with Crippen molar-refractivity contribution >= 4 is 15.9 Å². The number of hydrogen-bond donors (Lipinski definition) is 2. The normalized spacial score (nSPS) is 16.2. The number of amides is 1. The van der Waals surface area contributed by atoms with Crippen LogP contribution in [-0.4, -0.2) is 14.3 Å². The first-order valence-electron chi connectivity index (χ1n) is 8.98. The smallest absolute Gasteiger partial charge is 0.251 e. The summed E-state index contributed by atoms with van der Waals surface area (Å²) < 4.78 is 36.9. The Morgan fingerprint density at radius 3 is 2.52 bits per heavy atom. The van der Waals surface area contributed by atoms with Crippen LogP contribution < -0.4 is 10.5 Å². The molecule has 1 aliphatic rings. The summed E-state index contributed by atoms with van der Waals surface area (Å²) in [4.78, 5) is 12.8. The van der Waals surface area contributed by atoms with Crippen LogP contribution in [0, 0.1) is 11.7 Å². The number of carbonyl (C=O) groups is 1. The summed E-state index contributed by atoms with van der Waals surface area (Å²) in [6.07, 6.45) is 4.00. The van der Waals surface area contributed by atoms with Gasteiger partial charge in [-0.1, -0.05) is 43.2 Å². The molecule has 0 radical (unpaired) electrons. The molecule has 1 atom stereocenters. The summed E-state index contributed by atoms with van der Waals surface area (Å²) >= 11 is 0. The maximum atomic E-state index is 14.4. The summed E-state index contributed by atoms with van der Waals surface area (Å²) in [5.41, 5.74) is 1.25. The molecule has 2 aromatic rings. The molecular formula is C20H23FN2O3S.